The Kier molecular flexibility index (Phi) is 9.25. The van der Waals surface area contributed by atoms with Crippen LogP contribution in [0.3, 0.4) is 0 Å². The number of nitrogens with one attached hydrogen (secondary N) is 2. The molecule has 1 amide bonds. The van der Waals surface area contributed by atoms with Gasteiger partial charge in [0.15, 0.2) is 5.96 Å². The van der Waals surface area contributed by atoms with Crippen molar-refractivity contribution in [2.24, 2.45) is 4.99 Å². The molecule has 0 aromatic carbocycles. The van der Waals surface area contributed by atoms with Gasteiger partial charge in [-0.1, -0.05) is 26.2 Å². The number of nitrogens with zero attached hydrogens (tertiary/aromatic N) is 4. The van der Waals surface area contributed by atoms with Gasteiger partial charge < -0.3 is 20.4 Å². The summed E-state index contributed by atoms with van der Waals surface area (Å²) in [7, 11) is 3.58. The minimum atomic E-state index is 0.0410. The topological polar surface area (TPSA) is 63.2 Å². The van der Waals surface area contributed by atoms with Crippen molar-refractivity contribution in [2.75, 3.05) is 53.4 Å². The number of aliphatic imine (C=N–C) groups is 1. The Balaban J connectivity index is 1.51. The van der Waals surface area contributed by atoms with E-state index in [2.05, 4.69) is 32.3 Å². The minimum absolute atomic E-state index is 0.0410. The predicted octanol–water partition coefficient (Wildman–Crippen LogP) is 1.89. The maximum absolute atomic E-state index is 12.1. The Morgan fingerprint density at radius 1 is 1.00 bits per heavy atom. The van der Waals surface area contributed by atoms with Crippen LogP contribution in [0.2, 0.25) is 0 Å². The van der Waals surface area contributed by atoms with Crippen LogP contribution in [0, 0.1) is 0 Å². The van der Waals surface area contributed by atoms with Gasteiger partial charge >= 0.3 is 0 Å². The van der Waals surface area contributed by atoms with Gasteiger partial charge in [0.1, 0.15) is 6.54 Å². The molecule has 30 heavy (non-hydrogen) atoms. The fourth-order valence-corrected chi connectivity index (χ4v) is 5.25. The van der Waals surface area contributed by atoms with Gasteiger partial charge in [0.25, 0.3) is 0 Å². The van der Waals surface area contributed by atoms with Crippen molar-refractivity contribution in [3.8, 4) is 0 Å². The second-order valence-corrected chi connectivity index (χ2v) is 9.50. The van der Waals surface area contributed by atoms with E-state index in [4.69, 9.17) is 0 Å². The van der Waals surface area contributed by atoms with Crippen molar-refractivity contribution in [1.82, 2.24) is 25.3 Å². The molecule has 0 radical (unpaired) electrons. The van der Waals surface area contributed by atoms with E-state index in [1.807, 2.05) is 0 Å². The Bertz CT molecular complexity index is 552. The average molecular weight is 421 g/mol. The zero-order valence-electron chi connectivity index (χ0n) is 19.5. The zero-order chi connectivity index (χ0) is 21.3. The largest absolute Gasteiger partial charge is 0.355 e. The lowest BCUT2D eigenvalue weighted by atomic mass is 9.92. The van der Waals surface area contributed by atoms with Crippen LogP contribution in [0.4, 0.5) is 0 Å². The molecule has 1 unspecified atom stereocenters. The van der Waals surface area contributed by atoms with Crippen molar-refractivity contribution in [1.29, 1.82) is 0 Å². The number of carbonyl (C=O) groups excluding carboxylic acids is 1. The number of hydrogen-bond acceptors (Lipinski definition) is 4. The summed E-state index contributed by atoms with van der Waals surface area (Å²) in [6, 6.07) is 1.82. The first-order valence-electron chi connectivity index (χ1n) is 12.3. The Labute approximate surface area is 183 Å². The highest BCUT2D eigenvalue weighted by Crippen LogP contribution is 2.25. The van der Waals surface area contributed by atoms with Crippen LogP contribution >= 0.6 is 0 Å². The number of hydrogen-bond donors (Lipinski definition) is 2. The molecule has 7 nitrogen and oxygen atoms in total. The van der Waals surface area contributed by atoms with E-state index in [0.717, 1.165) is 37.9 Å². The SMILES string of the molecule is CCN1CCCC1CNC(=NCC(=O)N(C)C)NC1CCN(C2CCCCC2)CC1. The van der Waals surface area contributed by atoms with Crippen molar-refractivity contribution in [3.63, 3.8) is 0 Å². The van der Waals surface area contributed by atoms with E-state index in [-0.39, 0.29) is 12.5 Å². The molecule has 1 aliphatic carbocycles. The zero-order valence-corrected chi connectivity index (χ0v) is 19.5. The van der Waals surface area contributed by atoms with E-state index in [1.54, 1.807) is 19.0 Å². The summed E-state index contributed by atoms with van der Waals surface area (Å²) in [6.45, 7) is 7.99. The van der Waals surface area contributed by atoms with Gasteiger partial charge in [-0.15, -0.1) is 0 Å². The molecule has 7 heteroatoms. The van der Waals surface area contributed by atoms with Gasteiger partial charge in [0.2, 0.25) is 5.91 Å². The number of likely N-dealkylation sites (N-methyl/N-ethyl adjacent to an activating group) is 2. The lowest BCUT2D eigenvalue weighted by molar-refractivity contribution is -0.127. The maximum atomic E-state index is 12.1. The van der Waals surface area contributed by atoms with Crippen LogP contribution in [-0.2, 0) is 4.79 Å². The molecule has 3 fully saturated rings. The molecular weight excluding hydrogens is 376 g/mol. The molecule has 3 rings (SSSR count). The monoisotopic (exact) mass is 420 g/mol. The van der Waals surface area contributed by atoms with Crippen LogP contribution in [-0.4, -0.2) is 98.1 Å². The molecule has 2 aliphatic heterocycles. The first-order valence-corrected chi connectivity index (χ1v) is 12.3. The van der Waals surface area contributed by atoms with Crippen molar-refractivity contribution >= 4 is 11.9 Å². The van der Waals surface area contributed by atoms with Gasteiger partial charge in [-0.2, -0.15) is 0 Å². The molecule has 0 bridgehead atoms. The minimum Gasteiger partial charge on any atom is -0.355 e. The van der Waals surface area contributed by atoms with Gasteiger partial charge in [0.05, 0.1) is 0 Å². The predicted molar refractivity (Wildman–Crippen MR) is 124 cm³/mol. The standard InChI is InChI=1S/C23H44N6O/c1-4-28-14-8-11-21(28)17-24-23(25-18-22(30)27(2)3)26-19-12-15-29(16-13-19)20-9-6-5-7-10-20/h19-21H,4-18H2,1-3H3,(H2,24,25,26). The van der Waals surface area contributed by atoms with E-state index < -0.39 is 0 Å². The fourth-order valence-electron chi connectivity index (χ4n) is 5.25. The Morgan fingerprint density at radius 3 is 2.40 bits per heavy atom. The Hall–Kier alpha value is -1.34. The molecular formula is C23H44N6O. The van der Waals surface area contributed by atoms with E-state index in [1.165, 1.54) is 64.6 Å². The van der Waals surface area contributed by atoms with Gasteiger partial charge in [-0.3, -0.25) is 9.69 Å². The summed E-state index contributed by atoms with van der Waals surface area (Å²) >= 11 is 0. The number of amides is 1. The quantitative estimate of drug-likeness (QED) is 0.486. The molecule has 1 saturated carbocycles. The van der Waals surface area contributed by atoms with Gasteiger partial charge in [-0.05, 0) is 51.6 Å². The molecule has 2 heterocycles. The normalized spacial score (nSPS) is 25.4. The van der Waals surface area contributed by atoms with Crippen LogP contribution in [0.25, 0.3) is 0 Å². The molecule has 2 N–H and O–H groups in total. The van der Waals surface area contributed by atoms with Crippen molar-refractivity contribution in [3.05, 3.63) is 0 Å². The highest BCUT2D eigenvalue weighted by Gasteiger charge is 2.27. The number of guanidine groups is 1. The summed E-state index contributed by atoms with van der Waals surface area (Å²) in [5.74, 6) is 0.850. The summed E-state index contributed by atoms with van der Waals surface area (Å²) in [5, 5.41) is 7.21. The fraction of sp³-hybridized carbons (Fsp3) is 0.913. The number of likely N-dealkylation sites (tertiary alicyclic amines) is 2. The number of piperidine rings is 1. The third kappa shape index (κ3) is 6.84. The van der Waals surface area contributed by atoms with Gasteiger partial charge in [-0.25, -0.2) is 4.99 Å². The average Bonchev–Trinajstić information content (AvgIpc) is 3.24. The summed E-state index contributed by atoms with van der Waals surface area (Å²) < 4.78 is 0. The summed E-state index contributed by atoms with van der Waals surface area (Å²) in [4.78, 5) is 23.6. The van der Waals surface area contributed by atoms with Crippen LogP contribution < -0.4 is 10.6 Å². The smallest absolute Gasteiger partial charge is 0.243 e. The third-order valence-electron chi connectivity index (χ3n) is 7.24. The van der Waals surface area contributed by atoms with E-state index >= 15 is 0 Å². The first-order chi connectivity index (χ1) is 14.6. The highest BCUT2D eigenvalue weighted by atomic mass is 16.2. The molecule has 2 saturated heterocycles. The Morgan fingerprint density at radius 2 is 1.73 bits per heavy atom. The number of rotatable bonds is 7. The van der Waals surface area contributed by atoms with Crippen molar-refractivity contribution in [2.45, 2.75) is 82.8 Å². The second kappa shape index (κ2) is 11.9. The van der Waals surface area contributed by atoms with Crippen LogP contribution in [0.1, 0.15) is 64.7 Å². The molecule has 1 atom stereocenters. The lowest BCUT2D eigenvalue weighted by Crippen LogP contribution is -2.52. The molecule has 0 spiro atoms. The lowest BCUT2D eigenvalue weighted by Gasteiger charge is -2.39. The van der Waals surface area contributed by atoms with Crippen LogP contribution in [0.5, 0.6) is 0 Å². The third-order valence-corrected chi connectivity index (χ3v) is 7.24. The summed E-state index contributed by atoms with van der Waals surface area (Å²) in [5.41, 5.74) is 0. The van der Waals surface area contributed by atoms with E-state index in [0.29, 0.717) is 12.1 Å². The van der Waals surface area contributed by atoms with Crippen LogP contribution in [0.15, 0.2) is 4.99 Å². The molecule has 0 aromatic rings. The molecule has 3 aliphatic rings. The number of carbonyl (C=O) groups is 1. The highest BCUT2D eigenvalue weighted by molar-refractivity contribution is 5.85. The van der Waals surface area contributed by atoms with E-state index in [9.17, 15) is 4.79 Å². The van der Waals surface area contributed by atoms with Crippen molar-refractivity contribution < 1.29 is 4.79 Å². The first kappa shape index (κ1) is 23.3. The molecule has 0 aromatic heterocycles. The van der Waals surface area contributed by atoms with Gasteiger partial charge in [0, 0.05) is 51.9 Å². The molecule has 172 valence electrons. The second-order valence-electron chi connectivity index (χ2n) is 9.50. The summed E-state index contributed by atoms with van der Waals surface area (Å²) in [6.07, 6.45) is 11.8. The maximum Gasteiger partial charge on any atom is 0.243 e.